The zero-order valence-electron chi connectivity index (χ0n) is 11.3. The van der Waals surface area contributed by atoms with E-state index < -0.39 is 12.0 Å². The van der Waals surface area contributed by atoms with Crippen LogP contribution in [0.4, 0.5) is 13.2 Å². The highest BCUT2D eigenvalue weighted by molar-refractivity contribution is 5.39. The van der Waals surface area contributed by atoms with Gasteiger partial charge in [-0.15, -0.1) is 5.10 Å². The highest BCUT2D eigenvalue weighted by atomic mass is 19.4. The van der Waals surface area contributed by atoms with Crippen molar-refractivity contribution in [1.29, 1.82) is 0 Å². The summed E-state index contributed by atoms with van der Waals surface area (Å²) in [7, 11) is 0. The molecule has 1 N–H and O–H groups in total. The van der Waals surface area contributed by atoms with Gasteiger partial charge >= 0.3 is 6.18 Å². The summed E-state index contributed by atoms with van der Waals surface area (Å²) in [5, 5.41) is 6.82. The van der Waals surface area contributed by atoms with Gasteiger partial charge in [0.05, 0.1) is 0 Å². The van der Waals surface area contributed by atoms with Crippen molar-refractivity contribution in [2.24, 2.45) is 11.3 Å². The lowest BCUT2D eigenvalue weighted by Gasteiger charge is -2.54. The summed E-state index contributed by atoms with van der Waals surface area (Å²) in [4.78, 5) is 3.50. The van der Waals surface area contributed by atoms with Crippen molar-refractivity contribution < 1.29 is 13.2 Å². The average Bonchev–Trinajstić information content (AvgIpc) is 2.73. The fourth-order valence-electron chi connectivity index (χ4n) is 3.58. The Balaban J connectivity index is 1.51. The van der Waals surface area contributed by atoms with Crippen LogP contribution in [0.2, 0.25) is 0 Å². The van der Waals surface area contributed by atoms with Crippen LogP contribution in [0.1, 0.15) is 24.2 Å². The van der Waals surface area contributed by atoms with Gasteiger partial charge < -0.3 is 5.32 Å². The highest BCUT2D eigenvalue weighted by Crippen LogP contribution is 2.49. The second kappa shape index (κ2) is 4.19. The van der Waals surface area contributed by atoms with Crippen LogP contribution < -0.4 is 5.32 Å². The zero-order valence-corrected chi connectivity index (χ0v) is 11.3. The maximum absolute atomic E-state index is 12.6. The molecule has 2 fully saturated rings. The third kappa shape index (κ3) is 2.19. The molecule has 1 saturated heterocycles. The standard InChI is InChI=1S/C14H15F3N4/c15-14(16,17)12-19-11-2-1-9(6-21(11)20-12)3-10-4-13(5-10)7-18-8-13/h1-2,6,10,18H,3-5,7-8H2. The predicted octanol–water partition coefficient (Wildman–Crippen LogP) is 2.29. The molecule has 1 saturated carbocycles. The summed E-state index contributed by atoms with van der Waals surface area (Å²) < 4.78 is 39.0. The Bertz CT molecular complexity index is 679. The Morgan fingerprint density at radius 1 is 1.29 bits per heavy atom. The van der Waals surface area contributed by atoms with E-state index in [0.717, 1.165) is 25.1 Å². The first-order chi connectivity index (χ1) is 9.94. The van der Waals surface area contributed by atoms with Crippen LogP contribution in [0, 0.1) is 11.3 Å². The summed E-state index contributed by atoms with van der Waals surface area (Å²) in [5.41, 5.74) is 1.78. The maximum Gasteiger partial charge on any atom is 0.453 e. The number of halogens is 3. The second-order valence-electron chi connectivity index (χ2n) is 6.36. The van der Waals surface area contributed by atoms with Gasteiger partial charge in [0, 0.05) is 19.3 Å². The van der Waals surface area contributed by atoms with Gasteiger partial charge in [-0.05, 0) is 42.2 Å². The lowest BCUT2D eigenvalue weighted by molar-refractivity contribution is -0.144. The average molecular weight is 296 g/mol. The van der Waals surface area contributed by atoms with E-state index >= 15 is 0 Å². The van der Waals surface area contributed by atoms with Gasteiger partial charge in [0.2, 0.25) is 0 Å². The minimum atomic E-state index is -4.50. The van der Waals surface area contributed by atoms with Gasteiger partial charge in [-0.25, -0.2) is 9.50 Å². The van der Waals surface area contributed by atoms with Crippen molar-refractivity contribution in [1.82, 2.24) is 19.9 Å². The van der Waals surface area contributed by atoms with E-state index in [1.54, 1.807) is 12.3 Å². The summed E-state index contributed by atoms with van der Waals surface area (Å²) in [6, 6.07) is 3.46. The van der Waals surface area contributed by atoms with Crippen LogP contribution >= 0.6 is 0 Å². The molecule has 4 nitrogen and oxygen atoms in total. The van der Waals surface area contributed by atoms with Crippen LogP contribution in [0.15, 0.2) is 18.3 Å². The van der Waals surface area contributed by atoms with Crippen molar-refractivity contribution in [3.8, 4) is 0 Å². The van der Waals surface area contributed by atoms with Gasteiger partial charge in [0.15, 0.2) is 5.65 Å². The lowest BCUT2D eigenvalue weighted by Crippen LogP contribution is -2.60. The molecule has 3 heterocycles. The van der Waals surface area contributed by atoms with Gasteiger partial charge in [-0.3, -0.25) is 0 Å². The maximum atomic E-state index is 12.6. The Hall–Kier alpha value is -1.63. The summed E-state index contributed by atoms with van der Waals surface area (Å²) in [5.74, 6) is -0.446. The number of hydrogen-bond donors (Lipinski definition) is 1. The molecule has 0 unspecified atom stereocenters. The van der Waals surface area contributed by atoms with Crippen LogP contribution in [-0.4, -0.2) is 27.7 Å². The van der Waals surface area contributed by atoms with Crippen LogP contribution in [0.5, 0.6) is 0 Å². The molecular weight excluding hydrogens is 281 g/mol. The van der Waals surface area contributed by atoms with Gasteiger partial charge in [-0.1, -0.05) is 6.07 Å². The SMILES string of the molecule is FC(F)(F)c1nc2ccc(CC3CC4(CNC4)C3)cn2n1. The van der Waals surface area contributed by atoms with Gasteiger partial charge in [0.1, 0.15) is 0 Å². The van der Waals surface area contributed by atoms with E-state index in [0.29, 0.717) is 11.3 Å². The molecule has 2 aromatic rings. The van der Waals surface area contributed by atoms with E-state index in [9.17, 15) is 13.2 Å². The second-order valence-corrected chi connectivity index (χ2v) is 6.36. The number of aromatic nitrogens is 3. The van der Waals surface area contributed by atoms with Crippen molar-refractivity contribution >= 4 is 5.65 Å². The van der Waals surface area contributed by atoms with Crippen LogP contribution in [0.3, 0.4) is 0 Å². The quantitative estimate of drug-likeness (QED) is 0.924. The molecule has 4 rings (SSSR count). The van der Waals surface area contributed by atoms with Gasteiger partial charge in [0.25, 0.3) is 5.82 Å². The number of fused-ring (bicyclic) bond motifs is 1. The summed E-state index contributed by atoms with van der Waals surface area (Å²) >= 11 is 0. The number of pyridine rings is 1. The Labute approximate surface area is 119 Å². The summed E-state index contributed by atoms with van der Waals surface area (Å²) in [6.07, 6.45) is 0.497. The largest absolute Gasteiger partial charge is 0.453 e. The van der Waals surface area contributed by atoms with Crippen molar-refractivity contribution in [2.75, 3.05) is 13.1 Å². The Morgan fingerprint density at radius 2 is 2.05 bits per heavy atom. The fourth-order valence-corrected chi connectivity index (χ4v) is 3.58. The van der Waals surface area contributed by atoms with Crippen LogP contribution in [0.25, 0.3) is 5.65 Å². The Kier molecular flexibility index (Phi) is 2.61. The molecule has 0 atom stereocenters. The molecular formula is C14H15F3N4. The fraction of sp³-hybridized carbons (Fsp3) is 0.571. The topological polar surface area (TPSA) is 42.2 Å². The highest BCUT2D eigenvalue weighted by Gasteiger charge is 2.47. The first-order valence-corrected chi connectivity index (χ1v) is 7.07. The molecule has 7 heteroatoms. The van der Waals surface area contributed by atoms with Crippen LogP contribution in [-0.2, 0) is 12.6 Å². The van der Waals surface area contributed by atoms with Crippen molar-refractivity contribution in [3.05, 3.63) is 29.7 Å². The molecule has 0 aromatic carbocycles. The van der Waals surface area contributed by atoms with E-state index in [4.69, 9.17) is 0 Å². The number of nitrogens with zero attached hydrogens (tertiary/aromatic N) is 3. The molecule has 1 aliphatic heterocycles. The van der Waals surface area contributed by atoms with Gasteiger partial charge in [-0.2, -0.15) is 13.2 Å². The van der Waals surface area contributed by atoms with E-state index in [1.807, 2.05) is 6.07 Å². The smallest absolute Gasteiger partial charge is 0.316 e. The normalized spacial score (nSPS) is 21.5. The van der Waals surface area contributed by atoms with Crippen molar-refractivity contribution in [3.63, 3.8) is 0 Å². The Morgan fingerprint density at radius 3 is 2.67 bits per heavy atom. The number of rotatable bonds is 2. The minimum Gasteiger partial charge on any atom is -0.316 e. The number of alkyl halides is 3. The monoisotopic (exact) mass is 296 g/mol. The van der Waals surface area contributed by atoms with Crippen molar-refractivity contribution in [2.45, 2.75) is 25.4 Å². The molecule has 1 aliphatic carbocycles. The van der Waals surface area contributed by atoms with E-state index in [2.05, 4.69) is 15.4 Å². The molecule has 21 heavy (non-hydrogen) atoms. The first-order valence-electron chi connectivity index (χ1n) is 7.07. The number of hydrogen-bond acceptors (Lipinski definition) is 3. The lowest BCUT2D eigenvalue weighted by atomic mass is 9.57. The molecule has 1 spiro atoms. The third-order valence-corrected chi connectivity index (χ3v) is 4.61. The van der Waals surface area contributed by atoms with E-state index in [-0.39, 0.29) is 5.65 Å². The molecule has 0 radical (unpaired) electrons. The first kappa shape index (κ1) is 13.1. The minimum absolute atomic E-state index is 0.236. The predicted molar refractivity (Wildman–Crippen MR) is 69.7 cm³/mol. The molecule has 112 valence electrons. The van der Waals surface area contributed by atoms with E-state index in [1.165, 1.54) is 17.4 Å². The molecule has 0 bridgehead atoms. The molecule has 2 aromatic heterocycles. The third-order valence-electron chi connectivity index (χ3n) is 4.61. The molecule has 0 amide bonds. The summed E-state index contributed by atoms with van der Waals surface area (Å²) in [6.45, 7) is 2.22. The number of nitrogens with one attached hydrogen (secondary N) is 1. The zero-order chi connectivity index (χ0) is 14.7. The molecule has 2 aliphatic rings.